The molecule has 3 heterocycles. The Hall–Kier alpha value is -2.18. The highest BCUT2D eigenvalue weighted by atomic mass is 35.5. The van der Waals surface area contributed by atoms with Crippen molar-refractivity contribution in [3.05, 3.63) is 46.7 Å². The van der Waals surface area contributed by atoms with Crippen LogP contribution in [0.25, 0.3) is 16.7 Å². The van der Waals surface area contributed by atoms with Crippen LogP contribution in [-0.4, -0.2) is 32.6 Å². The highest BCUT2D eigenvalue weighted by Gasteiger charge is 2.15. The number of pyridine rings is 1. The maximum absolute atomic E-state index is 11.6. The van der Waals surface area contributed by atoms with Gasteiger partial charge in [0.1, 0.15) is 11.5 Å². The number of nitrogens with zero attached hydrogens (tertiary/aromatic N) is 4. The summed E-state index contributed by atoms with van der Waals surface area (Å²) in [7, 11) is 1.31. The number of hydrogen-bond acceptors (Lipinski definition) is 5. The molecule has 0 saturated carbocycles. The smallest absolute Gasteiger partial charge is 0.339 e. The lowest BCUT2D eigenvalue weighted by Crippen LogP contribution is -2.04. The zero-order chi connectivity index (χ0) is 15.0. The highest BCUT2D eigenvalue weighted by Crippen LogP contribution is 2.31. The van der Waals surface area contributed by atoms with Crippen molar-refractivity contribution in [2.24, 2.45) is 0 Å². The van der Waals surface area contributed by atoms with Gasteiger partial charge in [0, 0.05) is 12.4 Å². The molecule has 0 unspecified atom stereocenters. The monoisotopic (exact) mass is 322 g/mol. The molecular weight excluding hydrogens is 315 g/mol. The van der Waals surface area contributed by atoms with Crippen molar-refractivity contribution in [2.75, 3.05) is 7.11 Å². The van der Waals surface area contributed by atoms with Crippen LogP contribution in [0.2, 0.25) is 10.2 Å². The van der Waals surface area contributed by atoms with E-state index < -0.39 is 5.97 Å². The third kappa shape index (κ3) is 2.32. The predicted octanol–water partition coefficient (Wildman–Crippen LogP) is 2.91. The van der Waals surface area contributed by atoms with Gasteiger partial charge in [-0.05, 0) is 6.07 Å². The Kier molecular flexibility index (Phi) is 3.48. The molecule has 0 bridgehead atoms. The third-order valence-corrected chi connectivity index (χ3v) is 3.49. The fraction of sp³-hybridized carbons (Fsp3) is 0.0769. The number of aromatic nitrogens is 4. The van der Waals surface area contributed by atoms with Gasteiger partial charge in [0.15, 0.2) is 5.65 Å². The Morgan fingerprint density at radius 3 is 2.86 bits per heavy atom. The van der Waals surface area contributed by atoms with E-state index in [1.165, 1.54) is 19.6 Å². The first-order valence-corrected chi connectivity index (χ1v) is 6.58. The number of methoxy groups -OCH3 is 1. The van der Waals surface area contributed by atoms with Gasteiger partial charge < -0.3 is 4.74 Å². The predicted molar refractivity (Wildman–Crippen MR) is 78.0 cm³/mol. The van der Waals surface area contributed by atoms with E-state index in [9.17, 15) is 4.79 Å². The number of carbonyl (C=O) groups excluding carboxylic acids is 1. The average molecular weight is 323 g/mol. The van der Waals surface area contributed by atoms with Crippen molar-refractivity contribution >= 4 is 40.2 Å². The maximum atomic E-state index is 11.6. The summed E-state index contributed by atoms with van der Waals surface area (Å²) in [5.74, 6) is -0.473. The second-order valence-corrected chi connectivity index (χ2v) is 4.90. The Morgan fingerprint density at radius 1 is 1.29 bits per heavy atom. The van der Waals surface area contributed by atoms with Crippen molar-refractivity contribution < 1.29 is 9.53 Å². The number of fused-ring (bicyclic) bond motifs is 1. The lowest BCUT2D eigenvalue weighted by molar-refractivity contribution is 0.0600. The number of hydrogen-bond donors (Lipinski definition) is 0. The number of ether oxygens (including phenoxy) is 1. The summed E-state index contributed by atoms with van der Waals surface area (Å²) in [5, 5.41) is 1.23. The molecular formula is C13H8Cl2N4O2. The van der Waals surface area contributed by atoms with Crippen LogP contribution in [0.15, 0.2) is 31.0 Å². The molecule has 0 amide bonds. The molecule has 0 aromatic carbocycles. The van der Waals surface area contributed by atoms with Crippen molar-refractivity contribution in [3.63, 3.8) is 0 Å². The highest BCUT2D eigenvalue weighted by molar-refractivity contribution is 6.41. The quantitative estimate of drug-likeness (QED) is 0.536. The number of rotatable bonds is 2. The topological polar surface area (TPSA) is 69.9 Å². The van der Waals surface area contributed by atoms with Crippen molar-refractivity contribution in [1.29, 1.82) is 0 Å². The average Bonchev–Trinajstić information content (AvgIpc) is 2.85. The van der Waals surface area contributed by atoms with Crippen LogP contribution in [-0.2, 0) is 4.74 Å². The standard InChI is InChI=1S/C13H8Cl2N4O2/c1-21-13(20)7-2-8(4-16-3-7)19-5-9(14)10-11(15)17-6-18-12(10)19/h2-6H,1H3. The van der Waals surface area contributed by atoms with E-state index in [0.29, 0.717) is 27.3 Å². The van der Waals surface area contributed by atoms with Gasteiger partial charge in [-0.1, -0.05) is 23.2 Å². The van der Waals surface area contributed by atoms with E-state index in [4.69, 9.17) is 23.2 Å². The first kappa shape index (κ1) is 13.8. The molecule has 3 rings (SSSR count). The first-order valence-electron chi connectivity index (χ1n) is 5.82. The SMILES string of the molecule is COC(=O)c1cncc(-n2cc(Cl)c3c(Cl)ncnc32)c1. The molecule has 106 valence electrons. The fourth-order valence-electron chi connectivity index (χ4n) is 1.97. The van der Waals surface area contributed by atoms with Crippen molar-refractivity contribution in [3.8, 4) is 5.69 Å². The minimum atomic E-state index is -0.473. The van der Waals surface area contributed by atoms with E-state index in [1.807, 2.05) is 0 Å². The van der Waals surface area contributed by atoms with Gasteiger partial charge >= 0.3 is 5.97 Å². The van der Waals surface area contributed by atoms with Crippen LogP contribution in [0.3, 0.4) is 0 Å². The van der Waals surface area contributed by atoms with E-state index in [1.54, 1.807) is 23.0 Å². The Labute approximate surface area is 129 Å². The number of halogens is 2. The Bertz CT molecular complexity index is 847. The summed E-state index contributed by atoms with van der Waals surface area (Å²) in [5.41, 5.74) is 1.47. The lowest BCUT2D eigenvalue weighted by Gasteiger charge is -2.05. The summed E-state index contributed by atoms with van der Waals surface area (Å²) in [4.78, 5) is 23.7. The molecule has 8 heteroatoms. The fourth-order valence-corrected chi connectivity index (χ4v) is 2.52. The zero-order valence-electron chi connectivity index (χ0n) is 10.7. The van der Waals surface area contributed by atoms with E-state index in [-0.39, 0.29) is 5.15 Å². The molecule has 0 aliphatic rings. The molecule has 6 nitrogen and oxygen atoms in total. The van der Waals surface area contributed by atoms with Gasteiger partial charge in [-0.3, -0.25) is 9.55 Å². The summed E-state index contributed by atoms with van der Waals surface area (Å²) < 4.78 is 6.36. The van der Waals surface area contributed by atoms with E-state index in [0.717, 1.165) is 0 Å². The molecule has 3 aromatic heterocycles. The summed E-state index contributed by atoms with van der Waals surface area (Å²) in [6.45, 7) is 0. The van der Waals surface area contributed by atoms with Crippen LogP contribution >= 0.6 is 23.2 Å². The van der Waals surface area contributed by atoms with Gasteiger partial charge in [-0.2, -0.15) is 0 Å². The minimum absolute atomic E-state index is 0.265. The second-order valence-electron chi connectivity index (χ2n) is 4.13. The van der Waals surface area contributed by atoms with Crippen LogP contribution in [0.4, 0.5) is 0 Å². The normalized spacial score (nSPS) is 10.8. The molecule has 0 atom stereocenters. The van der Waals surface area contributed by atoms with Gasteiger partial charge in [0.2, 0.25) is 0 Å². The molecule has 0 radical (unpaired) electrons. The molecule has 21 heavy (non-hydrogen) atoms. The molecule has 0 spiro atoms. The van der Waals surface area contributed by atoms with Gasteiger partial charge in [0.05, 0.1) is 35.0 Å². The van der Waals surface area contributed by atoms with Gasteiger partial charge in [-0.15, -0.1) is 0 Å². The third-order valence-electron chi connectivity index (χ3n) is 2.91. The summed E-state index contributed by atoms with van der Waals surface area (Å²) >= 11 is 12.2. The van der Waals surface area contributed by atoms with Crippen molar-refractivity contribution in [1.82, 2.24) is 19.5 Å². The van der Waals surface area contributed by atoms with Gasteiger partial charge in [0.25, 0.3) is 0 Å². The van der Waals surface area contributed by atoms with Crippen LogP contribution in [0, 0.1) is 0 Å². The number of esters is 1. The Balaban J connectivity index is 2.22. The van der Waals surface area contributed by atoms with E-state index >= 15 is 0 Å². The zero-order valence-corrected chi connectivity index (χ0v) is 12.3. The van der Waals surface area contributed by atoms with Crippen LogP contribution in [0.5, 0.6) is 0 Å². The maximum Gasteiger partial charge on any atom is 0.339 e. The molecule has 0 saturated heterocycles. The Morgan fingerprint density at radius 2 is 2.10 bits per heavy atom. The summed E-state index contributed by atoms with van der Waals surface area (Å²) in [6, 6.07) is 1.63. The van der Waals surface area contributed by atoms with Crippen molar-refractivity contribution in [2.45, 2.75) is 0 Å². The molecule has 3 aromatic rings. The van der Waals surface area contributed by atoms with E-state index in [2.05, 4.69) is 19.7 Å². The molecule has 0 aliphatic carbocycles. The van der Waals surface area contributed by atoms with Gasteiger partial charge in [-0.25, -0.2) is 14.8 Å². The molecule has 0 aliphatic heterocycles. The first-order chi connectivity index (χ1) is 10.1. The van der Waals surface area contributed by atoms with Crippen LogP contribution in [0.1, 0.15) is 10.4 Å². The molecule has 0 N–H and O–H groups in total. The lowest BCUT2D eigenvalue weighted by atomic mass is 10.2. The van der Waals surface area contributed by atoms with Crippen LogP contribution < -0.4 is 0 Å². The second kappa shape index (κ2) is 5.31. The molecule has 0 fully saturated rings. The minimum Gasteiger partial charge on any atom is -0.465 e. The summed E-state index contributed by atoms with van der Waals surface area (Å²) in [6.07, 6.45) is 5.99. The largest absolute Gasteiger partial charge is 0.465 e. The number of carbonyl (C=O) groups is 1.